The third-order valence-corrected chi connectivity index (χ3v) is 3.63. The van der Waals surface area contributed by atoms with E-state index in [1.165, 1.54) is 0 Å². The SMILES string of the molecule is Cc1cc(NC(=O)Cn2ncc3c2-c2ccccc2OC3)no1. The van der Waals surface area contributed by atoms with Crippen LogP contribution in [0.2, 0.25) is 0 Å². The van der Waals surface area contributed by atoms with Crippen molar-refractivity contribution in [2.45, 2.75) is 20.1 Å². The second-order valence-electron chi connectivity index (χ2n) is 5.33. The summed E-state index contributed by atoms with van der Waals surface area (Å²) in [4.78, 5) is 12.2. The van der Waals surface area contributed by atoms with Crippen LogP contribution >= 0.6 is 0 Å². The molecule has 0 atom stereocenters. The van der Waals surface area contributed by atoms with Crippen molar-refractivity contribution in [3.05, 3.63) is 47.9 Å². The van der Waals surface area contributed by atoms with Crippen LogP contribution in [0.4, 0.5) is 5.82 Å². The molecule has 1 aliphatic rings. The molecule has 4 rings (SSSR count). The van der Waals surface area contributed by atoms with E-state index >= 15 is 0 Å². The Bertz CT molecular complexity index is 881. The van der Waals surface area contributed by atoms with Crippen molar-refractivity contribution in [2.75, 3.05) is 5.32 Å². The highest BCUT2D eigenvalue weighted by Crippen LogP contribution is 2.36. The third kappa shape index (κ3) is 2.46. The minimum Gasteiger partial charge on any atom is -0.488 e. The average molecular weight is 310 g/mol. The molecule has 0 aliphatic carbocycles. The Morgan fingerprint density at radius 2 is 2.26 bits per heavy atom. The zero-order valence-corrected chi connectivity index (χ0v) is 12.4. The Labute approximate surface area is 131 Å². The molecule has 0 radical (unpaired) electrons. The molecule has 0 bridgehead atoms. The van der Waals surface area contributed by atoms with Gasteiger partial charge in [0.05, 0.1) is 11.9 Å². The Morgan fingerprint density at radius 1 is 1.39 bits per heavy atom. The fraction of sp³-hybridized carbons (Fsp3) is 0.188. The topological polar surface area (TPSA) is 82.2 Å². The minimum absolute atomic E-state index is 0.0928. The molecule has 0 unspecified atom stereocenters. The number of anilines is 1. The first-order valence-corrected chi connectivity index (χ1v) is 7.21. The van der Waals surface area contributed by atoms with Gasteiger partial charge in [-0.1, -0.05) is 17.3 Å². The van der Waals surface area contributed by atoms with Gasteiger partial charge in [0.25, 0.3) is 0 Å². The van der Waals surface area contributed by atoms with Crippen LogP contribution in [0.15, 0.2) is 41.1 Å². The molecule has 1 amide bonds. The zero-order chi connectivity index (χ0) is 15.8. The van der Waals surface area contributed by atoms with Crippen LogP contribution in [-0.4, -0.2) is 20.8 Å². The molecule has 116 valence electrons. The van der Waals surface area contributed by atoms with E-state index in [0.717, 1.165) is 22.6 Å². The van der Waals surface area contributed by atoms with Gasteiger partial charge in [-0.3, -0.25) is 9.48 Å². The van der Waals surface area contributed by atoms with Gasteiger partial charge in [0.15, 0.2) is 5.82 Å². The van der Waals surface area contributed by atoms with Crippen molar-refractivity contribution >= 4 is 11.7 Å². The fourth-order valence-electron chi connectivity index (χ4n) is 2.65. The van der Waals surface area contributed by atoms with E-state index in [9.17, 15) is 4.79 Å². The second kappa shape index (κ2) is 5.28. The number of aryl methyl sites for hydroxylation is 1. The molecule has 1 aliphatic heterocycles. The molecule has 3 heterocycles. The van der Waals surface area contributed by atoms with Crippen LogP contribution in [0, 0.1) is 6.92 Å². The molecule has 0 saturated heterocycles. The van der Waals surface area contributed by atoms with Crippen LogP contribution in [0.1, 0.15) is 11.3 Å². The van der Waals surface area contributed by atoms with E-state index in [4.69, 9.17) is 9.26 Å². The lowest BCUT2D eigenvalue weighted by Crippen LogP contribution is -2.21. The molecule has 7 heteroatoms. The van der Waals surface area contributed by atoms with Crippen LogP contribution < -0.4 is 10.1 Å². The summed E-state index contributed by atoms with van der Waals surface area (Å²) >= 11 is 0. The summed E-state index contributed by atoms with van der Waals surface area (Å²) in [6.45, 7) is 2.31. The van der Waals surface area contributed by atoms with E-state index in [2.05, 4.69) is 15.6 Å². The van der Waals surface area contributed by atoms with E-state index < -0.39 is 0 Å². The van der Waals surface area contributed by atoms with Gasteiger partial charge in [-0.2, -0.15) is 5.10 Å². The van der Waals surface area contributed by atoms with Gasteiger partial charge in [-0.25, -0.2) is 0 Å². The molecule has 23 heavy (non-hydrogen) atoms. The molecule has 3 aromatic rings. The summed E-state index contributed by atoms with van der Waals surface area (Å²) < 4.78 is 12.3. The normalized spacial score (nSPS) is 12.2. The standard InChI is InChI=1S/C16H14N4O3/c1-10-6-14(19-23-10)18-15(21)8-20-16-11(7-17-20)9-22-13-5-3-2-4-12(13)16/h2-7H,8-9H2,1H3,(H,18,19,21). The number of rotatable bonds is 3. The molecule has 7 nitrogen and oxygen atoms in total. The first-order valence-electron chi connectivity index (χ1n) is 7.21. The van der Waals surface area contributed by atoms with Gasteiger partial charge in [-0.05, 0) is 19.1 Å². The van der Waals surface area contributed by atoms with E-state index in [1.807, 2.05) is 24.3 Å². The zero-order valence-electron chi connectivity index (χ0n) is 12.4. The monoisotopic (exact) mass is 310 g/mol. The lowest BCUT2D eigenvalue weighted by atomic mass is 10.0. The first kappa shape index (κ1) is 13.6. The Balaban J connectivity index is 1.60. The van der Waals surface area contributed by atoms with Gasteiger partial charge in [0.1, 0.15) is 24.7 Å². The molecule has 0 fully saturated rings. The Morgan fingerprint density at radius 3 is 3.09 bits per heavy atom. The lowest BCUT2D eigenvalue weighted by molar-refractivity contribution is -0.116. The maximum Gasteiger partial charge on any atom is 0.247 e. The van der Waals surface area contributed by atoms with Crippen LogP contribution in [0.25, 0.3) is 11.3 Å². The highest BCUT2D eigenvalue weighted by Gasteiger charge is 2.22. The molecule has 0 spiro atoms. The number of carbonyl (C=O) groups is 1. The van der Waals surface area contributed by atoms with Crippen LogP contribution in [-0.2, 0) is 17.9 Å². The lowest BCUT2D eigenvalue weighted by Gasteiger charge is -2.18. The Kier molecular flexibility index (Phi) is 3.11. The second-order valence-corrected chi connectivity index (χ2v) is 5.33. The van der Waals surface area contributed by atoms with Crippen molar-refractivity contribution in [2.24, 2.45) is 0 Å². The summed E-state index contributed by atoms with van der Waals surface area (Å²) in [5.74, 6) is 1.63. The maximum absolute atomic E-state index is 12.2. The van der Waals surface area contributed by atoms with Gasteiger partial charge >= 0.3 is 0 Å². The first-order chi connectivity index (χ1) is 11.2. The number of fused-ring (bicyclic) bond motifs is 3. The van der Waals surface area contributed by atoms with E-state index in [0.29, 0.717) is 18.2 Å². The highest BCUT2D eigenvalue weighted by molar-refractivity contribution is 5.90. The molecule has 1 aromatic carbocycles. The number of amides is 1. The highest BCUT2D eigenvalue weighted by atomic mass is 16.5. The van der Waals surface area contributed by atoms with E-state index in [1.54, 1.807) is 23.9 Å². The van der Waals surface area contributed by atoms with Crippen molar-refractivity contribution in [1.29, 1.82) is 0 Å². The van der Waals surface area contributed by atoms with E-state index in [-0.39, 0.29) is 12.5 Å². The molecule has 1 N–H and O–H groups in total. The number of hydrogen-bond donors (Lipinski definition) is 1. The number of ether oxygens (including phenoxy) is 1. The number of para-hydroxylation sites is 1. The predicted octanol–water partition coefficient (Wildman–Crippen LogP) is 2.38. The van der Waals surface area contributed by atoms with Crippen molar-refractivity contribution < 1.29 is 14.1 Å². The van der Waals surface area contributed by atoms with Gasteiger partial charge < -0.3 is 14.6 Å². The molecule has 0 saturated carbocycles. The van der Waals surface area contributed by atoms with Gasteiger partial charge in [-0.15, -0.1) is 0 Å². The summed E-state index contributed by atoms with van der Waals surface area (Å²) in [7, 11) is 0. The minimum atomic E-state index is -0.215. The number of nitrogens with zero attached hydrogens (tertiary/aromatic N) is 3. The van der Waals surface area contributed by atoms with Crippen molar-refractivity contribution in [3.63, 3.8) is 0 Å². The number of benzene rings is 1. The smallest absolute Gasteiger partial charge is 0.247 e. The number of aromatic nitrogens is 3. The molecular formula is C16H14N4O3. The summed E-state index contributed by atoms with van der Waals surface area (Å²) in [6.07, 6.45) is 1.73. The summed E-state index contributed by atoms with van der Waals surface area (Å²) in [5.41, 5.74) is 2.82. The number of nitrogens with one attached hydrogen (secondary N) is 1. The van der Waals surface area contributed by atoms with Gasteiger partial charge in [0.2, 0.25) is 5.91 Å². The Hall–Kier alpha value is -3.09. The van der Waals surface area contributed by atoms with Crippen LogP contribution in [0.3, 0.4) is 0 Å². The van der Waals surface area contributed by atoms with Gasteiger partial charge in [0, 0.05) is 17.2 Å². The third-order valence-electron chi connectivity index (χ3n) is 3.63. The van der Waals surface area contributed by atoms with Crippen LogP contribution in [0.5, 0.6) is 5.75 Å². The maximum atomic E-state index is 12.2. The fourth-order valence-corrected chi connectivity index (χ4v) is 2.65. The van der Waals surface area contributed by atoms with Crippen molar-refractivity contribution in [3.8, 4) is 17.0 Å². The summed E-state index contributed by atoms with van der Waals surface area (Å²) in [6, 6.07) is 9.40. The average Bonchev–Trinajstić information content (AvgIpc) is 3.14. The number of carbonyl (C=O) groups excluding carboxylic acids is 1. The number of hydrogen-bond acceptors (Lipinski definition) is 5. The summed E-state index contributed by atoms with van der Waals surface area (Å²) in [5, 5.41) is 10.8. The quantitative estimate of drug-likeness (QED) is 0.803. The molecule has 2 aromatic heterocycles. The largest absolute Gasteiger partial charge is 0.488 e. The predicted molar refractivity (Wildman–Crippen MR) is 81.9 cm³/mol. The molecular weight excluding hydrogens is 296 g/mol. The van der Waals surface area contributed by atoms with Crippen molar-refractivity contribution in [1.82, 2.24) is 14.9 Å².